The molecule has 0 spiro atoms. The molecule has 2 rings (SSSR count). The molecule has 1 atom stereocenters. The van der Waals surface area contributed by atoms with Crippen molar-refractivity contribution in [2.24, 2.45) is 5.92 Å². The van der Waals surface area contributed by atoms with E-state index in [-0.39, 0.29) is 11.9 Å². The van der Waals surface area contributed by atoms with Crippen LogP contribution in [0.5, 0.6) is 0 Å². The summed E-state index contributed by atoms with van der Waals surface area (Å²) < 4.78 is 0. The molecular weight excluding hydrogens is 300 g/mol. The topological polar surface area (TPSA) is 50.6 Å². The molecular formula is C19H28N4O. The first-order chi connectivity index (χ1) is 11.4. The van der Waals surface area contributed by atoms with Crippen molar-refractivity contribution < 1.29 is 4.79 Å². The second kappa shape index (κ2) is 8.16. The highest BCUT2D eigenvalue weighted by atomic mass is 16.2. The van der Waals surface area contributed by atoms with E-state index in [0.29, 0.717) is 25.6 Å². The molecule has 1 amide bonds. The lowest BCUT2D eigenvalue weighted by Crippen LogP contribution is -2.54. The van der Waals surface area contributed by atoms with E-state index in [1.54, 1.807) is 0 Å². The molecule has 24 heavy (non-hydrogen) atoms. The maximum absolute atomic E-state index is 12.5. The van der Waals surface area contributed by atoms with Crippen LogP contribution in [0.15, 0.2) is 24.3 Å². The Labute approximate surface area is 145 Å². The van der Waals surface area contributed by atoms with Crippen molar-refractivity contribution in [3.05, 3.63) is 29.8 Å². The Bertz CT molecular complexity index is 600. The van der Waals surface area contributed by atoms with Gasteiger partial charge in [-0.2, -0.15) is 5.26 Å². The van der Waals surface area contributed by atoms with E-state index in [0.717, 1.165) is 18.8 Å². The average molecular weight is 328 g/mol. The van der Waals surface area contributed by atoms with Gasteiger partial charge in [0.15, 0.2) is 0 Å². The molecule has 0 aliphatic carbocycles. The average Bonchev–Trinajstić information content (AvgIpc) is 2.55. The number of aryl methyl sites for hydroxylation is 1. The fourth-order valence-corrected chi connectivity index (χ4v) is 3.16. The first-order valence-electron chi connectivity index (χ1n) is 8.61. The Morgan fingerprint density at radius 1 is 1.29 bits per heavy atom. The lowest BCUT2D eigenvalue weighted by Gasteiger charge is -2.38. The number of nitrogens with zero attached hydrogens (tertiary/aromatic N) is 4. The van der Waals surface area contributed by atoms with Crippen molar-refractivity contribution in [2.75, 3.05) is 44.7 Å². The number of nitriles is 1. The number of hydrogen-bond acceptors (Lipinski definition) is 4. The van der Waals surface area contributed by atoms with Gasteiger partial charge in [-0.15, -0.1) is 0 Å². The second-order valence-corrected chi connectivity index (χ2v) is 6.93. The van der Waals surface area contributed by atoms with Gasteiger partial charge in [-0.05, 0) is 30.5 Å². The van der Waals surface area contributed by atoms with Crippen molar-refractivity contribution in [2.45, 2.75) is 26.8 Å². The van der Waals surface area contributed by atoms with Crippen LogP contribution < -0.4 is 4.90 Å². The minimum Gasteiger partial charge on any atom is -0.365 e. The lowest BCUT2D eigenvalue weighted by molar-refractivity contribution is -0.131. The zero-order valence-electron chi connectivity index (χ0n) is 15.2. The SMILES string of the molecule is Cc1cccc(N(C)CC(=O)N2CCN(C(C#N)C(C)C)CC2)c1. The molecule has 5 nitrogen and oxygen atoms in total. The third kappa shape index (κ3) is 4.48. The smallest absolute Gasteiger partial charge is 0.242 e. The standard InChI is InChI=1S/C19H28N4O/c1-15(2)18(13-20)22-8-10-23(11-9-22)19(24)14-21(4)17-7-5-6-16(3)12-17/h5-7,12,15,18H,8-11,14H2,1-4H3. The molecule has 0 aromatic heterocycles. The molecule has 1 aliphatic heterocycles. The molecule has 1 heterocycles. The predicted molar refractivity (Wildman–Crippen MR) is 96.8 cm³/mol. The van der Waals surface area contributed by atoms with Crippen LogP contribution in [-0.4, -0.2) is 61.5 Å². The monoisotopic (exact) mass is 328 g/mol. The Balaban J connectivity index is 1.88. The predicted octanol–water partition coefficient (Wildman–Crippen LogP) is 2.12. The number of piperazine rings is 1. The van der Waals surface area contributed by atoms with Gasteiger partial charge in [0.1, 0.15) is 6.04 Å². The number of hydrogen-bond donors (Lipinski definition) is 0. The van der Waals surface area contributed by atoms with Gasteiger partial charge in [-0.1, -0.05) is 26.0 Å². The summed E-state index contributed by atoms with van der Waals surface area (Å²) in [5, 5.41) is 9.31. The summed E-state index contributed by atoms with van der Waals surface area (Å²) in [7, 11) is 1.95. The lowest BCUT2D eigenvalue weighted by atomic mass is 10.0. The summed E-state index contributed by atoms with van der Waals surface area (Å²) in [5.74, 6) is 0.460. The van der Waals surface area contributed by atoms with Crippen LogP contribution in [0.2, 0.25) is 0 Å². The van der Waals surface area contributed by atoms with Crippen LogP contribution in [0.3, 0.4) is 0 Å². The molecule has 0 bridgehead atoms. The normalized spacial score (nSPS) is 16.8. The number of benzene rings is 1. The van der Waals surface area contributed by atoms with Gasteiger partial charge in [-0.25, -0.2) is 0 Å². The van der Waals surface area contributed by atoms with Gasteiger partial charge >= 0.3 is 0 Å². The Morgan fingerprint density at radius 3 is 2.50 bits per heavy atom. The van der Waals surface area contributed by atoms with Crippen molar-refractivity contribution in [3.63, 3.8) is 0 Å². The second-order valence-electron chi connectivity index (χ2n) is 6.93. The molecule has 1 aromatic rings. The van der Waals surface area contributed by atoms with Crippen LogP contribution in [0.25, 0.3) is 0 Å². The summed E-state index contributed by atoms with van der Waals surface area (Å²) in [5.41, 5.74) is 2.25. The largest absolute Gasteiger partial charge is 0.365 e. The summed E-state index contributed by atoms with van der Waals surface area (Å²) >= 11 is 0. The molecule has 5 heteroatoms. The van der Waals surface area contributed by atoms with Crippen molar-refractivity contribution in [1.82, 2.24) is 9.80 Å². The molecule has 1 aromatic carbocycles. The highest BCUT2D eigenvalue weighted by Crippen LogP contribution is 2.16. The van der Waals surface area contributed by atoms with Crippen molar-refractivity contribution in [3.8, 4) is 6.07 Å². The van der Waals surface area contributed by atoms with Crippen molar-refractivity contribution in [1.29, 1.82) is 5.26 Å². The minimum absolute atomic E-state index is 0.0581. The molecule has 130 valence electrons. The van der Waals surface area contributed by atoms with E-state index in [1.165, 1.54) is 5.56 Å². The van der Waals surface area contributed by atoms with Gasteiger partial charge in [0.25, 0.3) is 0 Å². The molecule has 0 N–H and O–H groups in total. The number of anilines is 1. The highest BCUT2D eigenvalue weighted by molar-refractivity contribution is 5.81. The first-order valence-corrected chi connectivity index (χ1v) is 8.61. The van der Waals surface area contributed by atoms with E-state index >= 15 is 0 Å². The summed E-state index contributed by atoms with van der Waals surface area (Å²) in [6, 6.07) is 10.5. The van der Waals surface area contributed by atoms with E-state index < -0.39 is 0 Å². The molecule has 1 aliphatic rings. The molecule has 1 saturated heterocycles. The Hall–Kier alpha value is -2.06. The van der Waals surface area contributed by atoms with Gasteiger partial charge in [0.05, 0.1) is 12.6 Å². The maximum atomic E-state index is 12.5. The van der Waals surface area contributed by atoms with Gasteiger partial charge in [-0.3, -0.25) is 9.69 Å². The molecule has 0 radical (unpaired) electrons. The first kappa shape index (κ1) is 18.3. The summed E-state index contributed by atoms with van der Waals surface area (Å²) in [6.45, 7) is 9.53. The third-order valence-corrected chi connectivity index (χ3v) is 4.64. The number of carbonyl (C=O) groups excluding carboxylic acids is 1. The zero-order valence-corrected chi connectivity index (χ0v) is 15.2. The Kier molecular flexibility index (Phi) is 6.22. The van der Waals surface area contributed by atoms with Crippen molar-refractivity contribution >= 4 is 11.6 Å². The fourth-order valence-electron chi connectivity index (χ4n) is 3.16. The fraction of sp³-hybridized carbons (Fsp3) is 0.579. The number of amides is 1. The quantitative estimate of drug-likeness (QED) is 0.831. The number of carbonyl (C=O) groups is 1. The third-order valence-electron chi connectivity index (χ3n) is 4.64. The summed E-state index contributed by atoms with van der Waals surface area (Å²) in [6.07, 6.45) is 0. The highest BCUT2D eigenvalue weighted by Gasteiger charge is 2.27. The molecule has 1 fully saturated rings. The van der Waals surface area contributed by atoms with Gasteiger partial charge in [0, 0.05) is 38.9 Å². The zero-order chi connectivity index (χ0) is 17.7. The van der Waals surface area contributed by atoms with Crippen LogP contribution in [0.1, 0.15) is 19.4 Å². The van der Waals surface area contributed by atoms with E-state index in [9.17, 15) is 10.1 Å². The maximum Gasteiger partial charge on any atom is 0.242 e. The van der Waals surface area contributed by atoms with Crippen LogP contribution in [0.4, 0.5) is 5.69 Å². The van der Waals surface area contributed by atoms with Gasteiger partial charge in [0.2, 0.25) is 5.91 Å². The van der Waals surface area contributed by atoms with E-state index in [2.05, 4.69) is 43.9 Å². The van der Waals surface area contributed by atoms with Crippen LogP contribution >= 0.6 is 0 Å². The van der Waals surface area contributed by atoms with Crippen LogP contribution in [0, 0.1) is 24.2 Å². The Morgan fingerprint density at radius 2 is 1.96 bits per heavy atom. The number of likely N-dealkylation sites (N-methyl/N-ethyl adjacent to an activating group) is 1. The van der Waals surface area contributed by atoms with E-state index in [4.69, 9.17) is 0 Å². The minimum atomic E-state index is -0.0581. The van der Waals surface area contributed by atoms with Gasteiger partial charge < -0.3 is 9.80 Å². The molecule has 0 saturated carbocycles. The molecule has 1 unspecified atom stereocenters. The number of rotatable bonds is 5. The van der Waals surface area contributed by atoms with Crippen LogP contribution in [-0.2, 0) is 4.79 Å². The van der Waals surface area contributed by atoms with E-state index in [1.807, 2.05) is 29.0 Å². The summed E-state index contributed by atoms with van der Waals surface area (Å²) in [4.78, 5) is 18.6.